The Labute approximate surface area is 174 Å². The largest absolute Gasteiger partial charge is 0.345 e. The average Bonchev–Trinajstić information content (AvgIpc) is 2.76. The summed E-state index contributed by atoms with van der Waals surface area (Å²) >= 11 is 0. The molecule has 30 heavy (non-hydrogen) atoms. The molecule has 2 N–H and O–H groups in total. The van der Waals surface area contributed by atoms with Crippen molar-refractivity contribution in [3.63, 3.8) is 0 Å². The number of benzene rings is 2. The Bertz CT molecular complexity index is 1090. The standard InChI is InChI=1S/C23H24N4O3/c1-3-15-27-21(28)14-13-20(26-27)23(30)25-19-12-8-7-11-18(19)22(29)24-16(2)17-9-5-4-6-10-17/h4-14,16H,3,15H2,1-2H3,(H,24,29)(H,25,30). The Hall–Kier alpha value is -3.74. The van der Waals surface area contributed by atoms with Gasteiger partial charge in [-0.3, -0.25) is 14.4 Å². The van der Waals surface area contributed by atoms with Crippen molar-refractivity contribution in [3.8, 4) is 0 Å². The molecule has 0 saturated carbocycles. The number of aromatic nitrogens is 2. The van der Waals surface area contributed by atoms with Crippen molar-refractivity contribution in [1.82, 2.24) is 15.1 Å². The number of carbonyl (C=O) groups is 2. The number of hydrogen-bond acceptors (Lipinski definition) is 4. The van der Waals surface area contributed by atoms with E-state index in [2.05, 4.69) is 15.7 Å². The first-order chi connectivity index (χ1) is 14.5. The highest BCUT2D eigenvalue weighted by atomic mass is 16.2. The number of amides is 2. The van der Waals surface area contributed by atoms with Crippen LogP contribution < -0.4 is 16.2 Å². The fourth-order valence-electron chi connectivity index (χ4n) is 3.02. The molecular formula is C23H24N4O3. The molecule has 7 nitrogen and oxygen atoms in total. The SMILES string of the molecule is CCCn1nc(C(=O)Nc2ccccc2C(=O)NC(C)c2ccccc2)ccc1=O. The van der Waals surface area contributed by atoms with E-state index in [9.17, 15) is 14.4 Å². The van der Waals surface area contributed by atoms with Gasteiger partial charge in [-0.05, 0) is 37.1 Å². The average molecular weight is 404 g/mol. The summed E-state index contributed by atoms with van der Waals surface area (Å²) in [7, 11) is 0. The minimum atomic E-state index is -0.490. The van der Waals surface area contributed by atoms with E-state index in [0.717, 1.165) is 12.0 Å². The molecule has 154 valence electrons. The lowest BCUT2D eigenvalue weighted by atomic mass is 10.1. The zero-order valence-electron chi connectivity index (χ0n) is 17.0. The highest BCUT2D eigenvalue weighted by Gasteiger charge is 2.17. The summed E-state index contributed by atoms with van der Waals surface area (Å²) in [6.45, 7) is 4.25. The monoisotopic (exact) mass is 404 g/mol. The number of anilines is 1. The molecule has 2 aromatic carbocycles. The van der Waals surface area contributed by atoms with Gasteiger partial charge >= 0.3 is 0 Å². The minimum absolute atomic E-state index is 0.107. The van der Waals surface area contributed by atoms with Crippen LogP contribution in [0.25, 0.3) is 0 Å². The number of carbonyl (C=O) groups excluding carboxylic acids is 2. The van der Waals surface area contributed by atoms with Crippen LogP contribution in [-0.4, -0.2) is 21.6 Å². The van der Waals surface area contributed by atoms with E-state index in [-0.39, 0.29) is 23.2 Å². The van der Waals surface area contributed by atoms with E-state index in [4.69, 9.17) is 0 Å². The van der Waals surface area contributed by atoms with Gasteiger partial charge in [-0.25, -0.2) is 4.68 Å². The summed E-state index contributed by atoms with van der Waals surface area (Å²) in [4.78, 5) is 37.3. The van der Waals surface area contributed by atoms with E-state index in [1.807, 2.05) is 44.2 Å². The molecule has 7 heteroatoms. The van der Waals surface area contributed by atoms with Crippen LogP contribution in [0.4, 0.5) is 5.69 Å². The normalized spacial score (nSPS) is 11.5. The first-order valence-electron chi connectivity index (χ1n) is 9.84. The van der Waals surface area contributed by atoms with Gasteiger partial charge in [-0.2, -0.15) is 5.10 Å². The third-order valence-electron chi connectivity index (χ3n) is 4.60. The lowest BCUT2D eigenvalue weighted by Gasteiger charge is -2.16. The number of nitrogens with zero attached hydrogens (tertiary/aromatic N) is 2. The van der Waals surface area contributed by atoms with Gasteiger partial charge in [0.2, 0.25) is 0 Å². The van der Waals surface area contributed by atoms with Crippen molar-refractivity contribution in [2.45, 2.75) is 32.9 Å². The van der Waals surface area contributed by atoms with Gasteiger partial charge in [0.25, 0.3) is 17.4 Å². The zero-order chi connectivity index (χ0) is 21.5. The van der Waals surface area contributed by atoms with Crippen LogP contribution in [0.2, 0.25) is 0 Å². The van der Waals surface area contributed by atoms with Gasteiger partial charge in [0, 0.05) is 12.6 Å². The van der Waals surface area contributed by atoms with Crippen molar-refractivity contribution in [2.24, 2.45) is 0 Å². The van der Waals surface area contributed by atoms with Crippen LogP contribution >= 0.6 is 0 Å². The third kappa shape index (κ3) is 5.00. The van der Waals surface area contributed by atoms with Crippen molar-refractivity contribution in [3.05, 3.63) is 93.9 Å². The lowest BCUT2D eigenvalue weighted by Crippen LogP contribution is -2.29. The molecule has 0 radical (unpaired) electrons. The Morgan fingerprint density at radius 3 is 2.40 bits per heavy atom. The van der Waals surface area contributed by atoms with Gasteiger partial charge in [-0.15, -0.1) is 0 Å². The fourth-order valence-corrected chi connectivity index (χ4v) is 3.02. The highest BCUT2D eigenvalue weighted by molar-refractivity contribution is 6.08. The summed E-state index contributed by atoms with van der Waals surface area (Å²) in [5.74, 6) is -0.789. The maximum atomic E-state index is 12.8. The molecule has 2 amide bonds. The molecule has 3 aromatic rings. The first-order valence-corrected chi connectivity index (χ1v) is 9.84. The van der Waals surface area contributed by atoms with Crippen molar-refractivity contribution in [2.75, 3.05) is 5.32 Å². The maximum Gasteiger partial charge on any atom is 0.276 e. The van der Waals surface area contributed by atoms with Crippen LogP contribution in [0.3, 0.4) is 0 Å². The molecule has 1 heterocycles. The second-order valence-electron chi connectivity index (χ2n) is 6.89. The van der Waals surface area contributed by atoms with Gasteiger partial charge in [0.15, 0.2) is 0 Å². The van der Waals surface area contributed by atoms with E-state index in [0.29, 0.717) is 17.8 Å². The number of nitrogens with one attached hydrogen (secondary N) is 2. The molecule has 0 fully saturated rings. The summed E-state index contributed by atoms with van der Waals surface area (Å²) in [5.41, 5.74) is 1.54. The Morgan fingerprint density at radius 2 is 1.67 bits per heavy atom. The molecule has 0 saturated heterocycles. The maximum absolute atomic E-state index is 12.8. The zero-order valence-corrected chi connectivity index (χ0v) is 17.0. The third-order valence-corrected chi connectivity index (χ3v) is 4.60. The quantitative estimate of drug-likeness (QED) is 0.631. The predicted octanol–water partition coefficient (Wildman–Crippen LogP) is 3.40. The number of para-hydroxylation sites is 1. The lowest BCUT2D eigenvalue weighted by molar-refractivity contribution is 0.0941. The molecule has 3 rings (SSSR count). The van der Waals surface area contributed by atoms with Crippen molar-refractivity contribution < 1.29 is 9.59 Å². The minimum Gasteiger partial charge on any atom is -0.345 e. The van der Waals surface area contributed by atoms with E-state index >= 15 is 0 Å². The van der Waals surface area contributed by atoms with E-state index in [1.54, 1.807) is 24.3 Å². The van der Waals surface area contributed by atoms with Crippen LogP contribution in [0.15, 0.2) is 71.5 Å². The molecular weight excluding hydrogens is 380 g/mol. The van der Waals surface area contributed by atoms with Crippen molar-refractivity contribution >= 4 is 17.5 Å². The van der Waals surface area contributed by atoms with Crippen molar-refractivity contribution in [1.29, 1.82) is 0 Å². The first kappa shape index (κ1) is 21.0. The number of aryl methyl sites for hydroxylation is 1. The summed E-state index contributed by atoms with van der Waals surface area (Å²) in [6.07, 6.45) is 0.723. The van der Waals surface area contributed by atoms with Crippen LogP contribution in [0, 0.1) is 0 Å². The second-order valence-corrected chi connectivity index (χ2v) is 6.89. The summed E-state index contributed by atoms with van der Waals surface area (Å²) in [6, 6.07) is 18.9. The van der Waals surface area contributed by atoms with Crippen LogP contribution in [0.1, 0.15) is 52.7 Å². The van der Waals surface area contributed by atoms with Gasteiger partial charge < -0.3 is 10.6 Å². The topological polar surface area (TPSA) is 93.1 Å². The predicted molar refractivity (Wildman–Crippen MR) is 116 cm³/mol. The Balaban J connectivity index is 1.78. The number of hydrogen-bond donors (Lipinski definition) is 2. The van der Waals surface area contributed by atoms with Gasteiger partial charge in [0.05, 0.1) is 17.3 Å². The number of rotatable bonds is 7. The Kier molecular flexibility index (Phi) is 6.75. The smallest absolute Gasteiger partial charge is 0.276 e. The summed E-state index contributed by atoms with van der Waals surface area (Å²) in [5, 5.41) is 9.79. The van der Waals surface area contributed by atoms with Gasteiger partial charge in [-0.1, -0.05) is 49.4 Å². The highest BCUT2D eigenvalue weighted by Crippen LogP contribution is 2.18. The molecule has 1 atom stereocenters. The van der Waals surface area contributed by atoms with Gasteiger partial charge in [0.1, 0.15) is 5.69 Å². The van der Waals surface area contributed by atoms with Crippen LogP contribution in [-0.2, 0) is 6.54 Å². The molecule has 0 aliphatic heterocycles. The Morgan fingerprint density at radius 1 is 0.967 bits per heavy atom. The van der Waals surface area contributed by atoms with E-state index in [1.165, 1.54) is 16.8 Å². The van der Waals surface area contributed by atoms with E-state index < -0.39 is 5.91 Å². The molecule has 0 aliphatic carbocycles. The molecule has 1 aromatic heterocycles. The molecule has 0 spiro atoms. The molecule has 1 unspecified atom stereocenters. The second kappa shape index (κ2) is 9.65. The molecule has 0 aliphatic rings. The van der Waals surface area contributed by atoms with Crippen LogP contribution in [0.5, 0.6) is 0 Å². The fraction of sp³-hybridized carbons (Fsp3) is 0.217. The molecule has 0 bridgehead atoms. The summed E-state index contributed by atoms with van der Waals surface area (Å²) < 4.78 is 1.26.